The molecule has 0 saturated heterocycles. The number of halogens is 1. The predicted molar refractivity (Wildman–Crippen MR) is 47.5 cm³/mol. The van der Waals surface area contributed by atoms with Crippen LogP contribution >= 0.6 is 19.0 Å². The van der Waals surface area contributed by atoms with Crippen LogP contribution in [0.5, 0.6) is 0 Å². The second kappa shape index (κ2) is 3.75. The minimum atomic E-state index is -2.39. The van der Waals surface area contributed by atoms with Gasteiger partial charge in [-0.25, -0.2) is 0 Å². The molecular weight excluding hydrogens is 183 g/mol. The Kier molecular flexibility index (Phi) is 3.17. The summed E-state index contributed by atoms with van der Waals surface area (Å²) in [6, 6.07) is 0. The first-order chi connectivity index (χ1) is 5.16. The molecule has 0 radical (unpaired) electrons. The number of hydrogen-bond donors (Lipinski definition) is 0. The van der Waals surface area contributed by atoms with Crippen molar-refractivity contribution in [1.29, 1.82) is 0 Å². The van der Waals surface area contributed by atoms with Crippen molar-refractivity contribution in [3.8, 4) is 0 Å². The molecule has 0 spiro atoms. The fourth-order valence-electron chi connectivity index (χ4n) is 1.09. The maximum atomic E-state index is 11.6. The van der Waals surface area contributed by atoms with Crippen LogP contribution in [0.3, 0.4) is 0 Å². The first kappa shape index (κ1) is 9.31. The van der Waals surface area contributed by atoms with E-state index in [-0.39, 0.29) is 0 Å². The summed E-state index contributed by atoms with van der Waals surface area (Å²) in [5, 5.41) is 0. The minimum absolute atomic E-state index is 0.391. The van der Waals surface area contributed by atoms with Gasteiger partial charge in [0.2, 0.25) is 7.37 Å². The lowest BCUT2D eigenvalue weighted by Gasteiger charge is -2.07. The van der Waals surface area contributed by atoms with E-state index in [1.54, 1.807) is 5.82 Å². The van der Waals surface area contributed by atoms with Crippen LogP contribution in [0.1, 0.15) is 13.3 Å². The average Bonchev–Trinajstić information content (AvgIpc) is 2.28. The van der Waals surface area contributed by atoms with Gasteiger partial charge in [-0.15, -0.1) is 11.6 Å². The third-order valence-corrected chi connectivity index (χ3v) is 4.08. The fourth-order valence-corrected chi connectivity index (χ4v) is 3.47. The van der Waals surface area contributed by atoms with E-state index in [1.165, 1.54) is 5.57 Å². The molecule has 0 aromatic heterocycles. The van der Waals surface area contributed by atoms with Crippen LogP contribution in [0.25, 0.3) is 0 Å². The summed E-state index contributed by atoms with van der Waals surface area (Å²) >= 11 is 5.41. The van der Waals surface area contributed by atoms with E-state index in [2.05, 4.69) is 0 Å². The largest absolute Gasteiger partial charge is 0.324 e. The molecule has 1 unspecified atom stereocenters. The van der Waals surface area contributed by atoms with Gasteiger partial charge < -0.3 is 4.52 Å². The van der Waals surface area contributed by atoms with E-state index in [0.717, 1.165) is 6.42 Å². The van der Waals surface area contributed by atoms with Gasteiger partial charge in [0, 0.05) is 12.0 Å². The van der Waals surface area contributed by atoms with Crippen LogP contribution in [0, 0.1) is 0 Å². The highest BCUT2D eigenvalue weighted by Gasteiger charge is 2.25. The van der Waals surface area contributed by atoms with Gasteiger partial charge in [0.25, 0.3) is 0 Å². The Labute approximate surface area is 72.0 Å². The van der Waals surface area contributed by atoms with Gasteiger partial charge in [-0.05, 0) is 19.2 Å². The summed E-state index contributed by atoms with van der Waals surface area (Å²) in [5.41, 5.74) is 1.17. The van der Waals surface area contributed by atoms with Gasteiger partial charge in [0.05, 0.1) is 6.61 Å². The second-order valence-electron chi connectivity index (χ2n) is 2.70. The molecule has 0 aromatic carbocycles. The van der Waals surface area contributed by atoms with Gasteiger partial charge in [-0.2, -0.15) is 0 Å². The van der Waals surface area contributed by atoms with Crippen LogP contribution in [-0.2, 0) is 9.09 Å². The van der Waals surface area contributed by atoms with Crippen molar-refractivity contribution in [3.05, 3.63) is 11.4 Å². The highest BCUT2D eigenvalue weighted by molar-refractivity contribution is 7.62. The zero-order valence-corrected chi connectivity index (χ0v) is 8.20. The smallest absolute Gasteiger partial charge is 0.225 e. The topological polar surface area (TPSA) is 26.3 Å². The van der Waals surface area contributed by atoms with E-state index >= 15 is 0 Å². The summed E-state index contributed by atoms with van der Waals surface area (Å²) in [5.74, 6) is 2.18. The molecule has 1 heterocycles. The van der Waals surface area contributed by atoms with Crippen molar-refractivity contribution >= 4 is 19.0 Å². The molecule has 0 amide bonds. The van der Waals surface area contributed by atoms with Crippen molar-refractivity contribution in [1.82, 2.24) is 0 Å². The molecule has 1 aliphatic rings. The van der Waals surface area contributed by atoms with Crippen LogP contribution in [-0.4, -0.2) is 18.6 Å². The SMILES string of the molecule is CC1=CP(=O)(OCCCl)CC1. The van der Waals surface area contributed by atoms with E-state index < -0.39 is 7.37 Å². The summed E-state index contributed by atoms with van der Waals surface area (Å²) in [6.45, 7) is 2.37. The fraction of sp³-hybridized carbons (Fsp3) is 0.714. The molecule has 1 aliphatic heterocycles. The summed E-state index contributed by atoms with van der Waals surface area (Å²) in [6.07, 6.45) is 1.56. The van der Waals surface area contributed by atoms with Gasteiger partial charge in [-0.3, -0.25) is 4.57 Å². The van der Waals surface area contributed by atoms with E-state index in [9.17, 15) is 4.57 Å². The Balaban J connectivity index is 2.49. The molecular formula is C7H12ClO2P. The molecule has 0 N–H and O–H groups in total. The molecule has 64 valence electrons. The molecule has 2 nitrogen and oxygen atoms in total. The second-order valence-corrected chi connectivity index (χ2v) is 5.49. The van der Waals surface area contributed by atoms with Crippen LogP contribution in [0.15, 0.2) is 11.4 Å². The Hall–Kier alpha value is 0.220. The molecule has 0 fully saturated rings. The first-order valence-corrected chi connectivity index (χ1v) is 6.05. The normalized spacial score (nSPS) is 30.5. The van der Waals surface area contributed by atoms with Crippen LogP contribution in [0.2, 0.25) is 0 Å². The average molecular weight is 195 g/mol. The zero-order valence-electron chi connectivity index (χ0n) is 6.55. The number of alkyl halides is 1. The highest BCUT2D eigenvalue weighted by atomic mass is 35.5. The number of hydrogen-bond acceptors (Lipinski definition) is 2. The monoisotopic (exact) mass is 194 g/mol. The predicted octanol–water partition coefficient (Wildman–Crippen LogP) is 2.83. The maximum Gasteiger partial charge on any atom is 0.225 e. The summed E-state index contributed by atoms with van der Waals surface area (Å²) in [7, 11) is -2.39. The van der Waals surface area contributed by atoms with Crippen molar-refractivity contribution in [2.45, 2.75) is 13.3 Å². The number of rotatable bonds is 3. The molecule has 11 heavy (non-hydrogen) atoms. The molecule has 4 heteroatoms. The lowest BCUT2D eigenvalue weighted by Crippen LogP contribution is -1.92. The third-order valence-electron chi connectivity index (χ3n) is 1.62. The Morgan fingerprint density at radius 3 is 3.00 bits per heavy atom. The standard InChI is InChI=1S/C7H12ClO2P/c1-7-2-5-11(9,6-7)10-4-3-8/h6H,2-5H2,1H3. The molecule has 1 rings (SSSR count). The highest BCUT2D eigenvalue weighted by Crippen LogP contribution is 2.54. The van der Waals surface area contributed by atoms with Crippen LogP contribution in [0.4, 0.5) is 0 Å². The Bertz CT molecular complexity index is 212. The molecule has 0 aromatic rings. The molecule has 0 saturated carbocycles. The van der Waals surface area contributed by atoms with Gasteiger partial charge in [-0.1, -0.05) is 5.57 Å². The summed E-state index contributed by atoms with van der Waals surface area (Å²) in [4.78, 5) is 0. The van der Waals surface area contributed by atoms with Gasteiger partial charge in [0.1, 0.15) is 0 Å². The van der Waals surface area contributed by atoms with Gasteiger partial charge >= 0.3 is 0 Å². The lowest BCUT2D eigenvalue weighted by atomic mass is 10.3. The van der Waals surface area contributed by atoms with Crippen molar-refractivity contribution in [2.24, 2.45) is 0 Å². The quantitative estimate of drug-likeness (QED) is 0.510. The van der Waals surface area contributed by atoms with Gasteiger partial charge in [0.15, 0.2) is 0 Å². The molecule has 0 bridgehead atoms. The van der Waals surface area contributed by atoms with E-state index in [1.807, 2.05) is 6.92 Å². The summed E-state index contributed by atoms with van der Waals surface area (Å²) < 4.78 is 16.8. The zero-order chi connectivity index (χ0) is 8.32. The lowest BCUT2D eigenvalue weighted by molar-refractivity contribution is 0.343. The van der Waals surface area contributed by atoms with Crippen molar-refractivity contribution in [3.63, 3.8) is 0 Å². The first-order valence-electron chi connectivity index (χ1n) is 3.64. The molecule has 1 atom stereocenters. The van der Waals surface area contributed by atoms with Crippen molar-refractivity contribution < 1.29 is 9.09 Å². The van der Waals surface area contributed by atoms with Crippen LogP contribution < -0.4 is 0 Å². The van der Waals surface area contributed by atoms with E-state index in [4.69, 9.17) is 16.1 Å². The Morgan fingerprint density at radius 1 is 1.82 bits per heavy atom. The Morgan fingerprint density at radius 2 is 2.55 bits per heavy atom. The minimum Gasteiger partial charge on any atom is -0.324 e. The molecule has 0 aliphatic carbocycles. The third kappa shape index (κ3) is 2.62. The maximum absolute atomic E-state index is 11.6. The number of allylic oxidation sites excluding steroid dienone is 1. The van der Waals surface area contributed by atoms with Crippen molar-refractivity contribution in [2.75, 3.05) is 18.6 Å². The van der Waals surface area contributed by atoms with E-state index in [0.29, 0.717) is 18.6 Å².